The van der Waals surface area contributed by atoms with E-state index in [4.69, 9.17) is 18.9 Å². The Labute approximate surface area is 518 Å². The summed E-state index contributed by atoms with van der Waals surface area (Å²) in [6.45, 7) is 29.2. The zero-order chi connectivity index (χ0) is 57.7. The molecule has 8 bridgehead atoms. The van der Waals surface area contributed by atoms with Crippen molar-refractivity contribution in [1.82, 2.24) is 0 Å². The normalized spacial score (nSPS) is 41.7. The molecule has 0 amide bonds. The quantitative estimate of drug-likeness (QED) is 0.0962. The molecule has 0 saturated heterocycles. The van der Waals surface area contributed by atoms with Gasteiger partial charge in [0.2, 0.25) is 0 Å². The van der Waals surface area contributed by atoms with Crippen LogP contribution in [0.5, 0.6) is 0 Å². The summed E-state index contributed by atoms with van der Waals surface area (Å²) < 4.78 is 24.6. The first-order chi connectivity index (χ1) is 38.0. The van der Waals surface area contributed by atoms with E-state index < -0.39 is 0 Å². The molecule has 488 valence electrons. The summed E-state index contributed by atoms with van der Waals surface area (Å²) in [5.74, 6) is 13.8. The fourth-order valence-electron chi connectivity index (χ4n) is 21.3. The van der Waals surface area contributed by atoms with Crippen LogP contribution in [0.2, 0.25) is 0 Å². The minimum atomic E-state index is -0.343. The molecule has 0 heterocycles. The Morgan fingerprint density at radius 1 is 0.405 bits per heavy atom. The lowest BCUT2D eigenvalue weighted by atomic mass is 9.63. The molecular weight excluding hydrogens is 1040 g/mol. The Hall–Kier alpha value is -2.12. The van der Waals surface area contributed by atoms with E-state index in [1.807, 2.05) is 41.5 Å². The van der Waals surface area contributed by atoms with Gasteiger partial charge in [-0.1, -0.05) is 124 Å². The molecule has 0 radical (unpaired) electrons. The molecule has 12 rings (SSSR count). The SMILES string of the molecule is C.C.C.C.CCC(C)(C)C(=O)OC1(C)CCCC2CCCCC21.CCC(C)(C)C(=O)OC1(CC)CC2CC1C1C3CCC(C3)C21.CCC(C)C(=O)OC1(C)CCCC2CCCCC21.CCC(C)C(=O)OC1(CC)CC2CC1C1C3CCC(C3)C21. The minimum Gasteiger partial charge on any atom is -0.459 e. The molecule has 12 aliphatic carbocycles. The van der Waals surface area contributed by atoms with Crippen molar-refractivity contribution in [3.05, 3.63) is 0 Å². The summed E-state index contributed by atoms with van der Waals surface area (Å²) in [6, 6.07) is 0. The molecule has 22 unspecified atom stereocenters. The van der Waals surface area contributed by atoms with E-state index >= 15 is 0 Å². The second kappa shape index (κ2) is 28.8. The van der Waals surface area contributed by atoms with Crippen molar-refractivity contribution in [1.29, 1.82) is 0 Å². The highest BCUT2D eigenvalue weighted by atomic mass is 16.6. The number of ether oxygens (including phenoxy) is 4. The topological polar surface area (TPSA) is 105 Å². The summed E-state index contributed by atoms with van der Waals surface area (Å²) >= 11 is 0. The molecule has 22 atom stereocenters. The van der Waals surface area contributed by atoms with Gasteiger partial charge in [0.15, 0.2) is 0 Å². The number of rotatable bonds is 14. The van der Waals surface area contributed by atoms with Gasteiger partial charge in [-0.25, -0.2) is 0 Å². The molecule has 84 heavy (non-hydrogen) atoms. The van der Waals surface area contributed by atoms with Crippen molar-refractivity contribution in [2.24, 2.45) is 117 Å². The zero-order valence-corrected chi connectivity index (χ0v) is 53.9. The lowest BCUT2D eigenvalue weighted by Gasteiger charge is -2.48. The maximum atomic E-state index is 12.7. The van der Waals surface area contributed by atoms with Gasteiger partial charge in [-0.3, -0.25) is 19.2 Å². The van der Waals surface area contributed by atoms with Crippen LogP contribution in [0.15, 0.2) is 0 Å². The van der Waals surface area contributed by atoms with Crippen LogP contribution in [0, 0.1) is 117 Å². The average Bonchev–Trinajstić information content (AvgIpc) is 2.05. The van der Waals surface area contributed by atoms with Gasteiger partial charge in [0.25, 0.3) is 0 Å². The van der Waals surface area contributed by atoms with E-state index in [0.29, 0.717) is 23.7 Å². The van der Waals surface area contributed by atoms with Crippen molar-refractivity contribution in [2.75, 3.05) is 0 Å². The number of hydrogen-bond donors (Lipinski definition) is 0. The van der Waals surface area contributed by atoms with Crippen molar-refractivity contribution in [2.45, 2.75) is 342 Å². The number of esters is 4. The summed E-state index contributed by atoms with van der Waals surface area (Å²) in [5, 5.41) is 0. The highest BCUT2D eigenvalue weighted by molar-refractivity contribution is 5.77. The van der Waals surface area contributed by atoms with Crippen molar-refractivity contribution in [3.8, 4) is 0 Å². The Balaban J connectivity index is 0.000000202. The first kappa shape index (κ1) is 72.6. The molecule has 0 aromatic rings. The Bertz CT molecular complexity index is 2140. The maximum absolute atomic E-state index is 12.7. The van der Waals surface area contributed by atoms with Crippen LogP contribution in [-0.4, -0.2) is 46.3 Å². The first-order valence-corrected chi connectivity index (χ1v) is 34.9. The van der Waals surface area contributed by atoms with E-state index in [-0.39, 0.29) is 98.7 Å². The van der Waals surface area contributed by atoms with E-state index in [9.17, 15) is 19.2 Å². The van der Waals surface area contributed by atoms with Crippen molar-refractivity contribution in [3.63, 3.8) is 0 Å². The molecule has 8 nitrogen and oxygen atoms in total. The van der Waals surface area contributed by atoms with Crippen LogP contribution >= 0.6 is 0 Å². The lowest BCUT2D eigenvalue weighted by Crippen LogP contribution is -2.49. The summed E-state index contributed by atoms with van der Waals surface area (Å²) in [7, 11) is 0. The van der Waals surface area contributed by atoms with Gasteiger partial charge in [-0.2, -0.15) is 0 Å². The highest BCUT2D eigenvalue weighted by Gasteiger charge is 2.69. The third kappa shape index (κ3) is 13.8. The predicted molar refractivity (Wildman–Crippen MR) is 348 cm³/mol. The van der Waals surface area contributed by atoms with Crippen molar-refractivity contribution >= 4 is 23.9 Å². The van der Waals surface area contributed by atoms with Crippen LogP contribution in [0.1, 0.15) is 319 Å². The standard InChI is InChI=1S/C20H32O2.C19H30O2.C17H30O2.C16H28O2.4CH4/c1-5-19(3,4)18(21)22-20(6-2)11-14-10-15(20)17-13-8-7-12(9-13)16(14)17;1-4-11(3)18(20)21-19(5-2)10-14-9-15(19)17-13-7-6-12(8-13)16(14)17;1-5-16(2,3)15(18)19-17(4)12-8-10-13-9-6-7-11-14(13)17;1-4-12(2)15(17)18-16(3)11-7-9-13-8-5-6-10-14(13)16;;;;/h12-17H,5-11H2,1-4H3;11-17H,4-10H2,1-3H3;13-14H,5-12H2,1-4H3;12-14H,4-11H2,1-3H3;4*1H4. The Morgan fingerprint density at radius 3 is 1.14 bits per heavy atom. The van der Waals surface area contributed by atoms with Crippen molar-refractivity contribution < 1.29 is 38.1 Å². The summed E-state index contributed by atoms with van der Waals surface area (Å²) in [4.78, 5) is 49.6. The predicted octanol–water partition coefficient (Wildman–Crippen LogP) is 20.8. The minimum absolute atomic E-state index is 0. The Morgan fingerprint density at radius 2 is 0.750 bits per heavy atom. The fourth-order valence-corrected chi connectivity index (χ4v) is 21.3. The van der Waals surface area contributed by atoms with Gasteiger partial charge >= 0.3 is 23.9 Å². The monoisotopic (exact) mass is 1180 g/mol. The van der Waals surface area contributed by atoms with Gasteiger partial charge in [0.1, 0.15) is 22.4 Å². The van der Waals surface area contributed by atoms with Gasteiger partial charge < -0.3 is 18.9 Å². The number of carbonyl (C=O) groups excluding carboxylic acids is 4. The maximum Gasteiger partial charge on any atom is 0.312 e. The molecule has 0 aliphatic heterocycles. The summed E-state index contributed by atoms with van der Waals surface area (Å²) in [5.41, 5.74) is -1.28. The van der Waals surface area contributed by atoms with E-state index in [1.165, 1.54) is 135 Å². The molecule has 0 spiro atoms. The third-order valence-corrected chi connectivity index (χ3v) is 27.0. The van der Waals surface area contributed by atoms with Crippen LogP contribution < -0.4 is 0 Å². The molecule has 0 aromatic carbocycles. The molecule has 8 heteroatoms. The van der Waals surface area contributed by atoms with Crippen LogP contribution in [-0.2, 0) is 38.1 Å². The van der Waals surface area contributed by atoms with Gasteiger partial charge in [-0.15, -0.1) is 0 Å². The second-order valence-electron chi connectivity index (χ2n) is 31.9. The van der Waals surface area contributed by atoms with E-state index in [0.717, 1.165) is 129 Å². The molecular formula is C76H136O8. The molecule has 0 aromatic heterocycles. The van der Waals surface area contributed by atoms with Crippen LogP contribution in [0.25, 0.3) is 0 Å². The average molecular weight is 1180 g/mol. The van der Waals surface area contributed by atoms with Gasteiger partial charge in [-0.05, 0) is 267 Å². The number of carbonyl (C=O) groups is 4. The molecule has 12 fully saturated rings. The van der Waals surface area contributed by atoms with Crippen LogP contribution in [0.3, 0.4) is 0 Å². The fraction of sp³-hybridized carbons (Fsp3) is 0.947. The number of hydrogen-bond acceptors (Lipinski definition) is 8. The largest absolute Gasteiger partial charge is 0.459 e. The molecule has 12 saturated carbocycles. The zero-order valence-electron chi connectivity index (χ0n) is 53.9. The smallest absolute Gasteiger partial charge is 0.312 e. The van der Waals surface area contributed by atoms with Gasteiger partial charge in [0, 0.05) is 23.7 Å². The van der Waals surface area contributed by atoms with E-state index in [1.54, 1.807) is 0 Å². The number of fused-ring (bicyclic) bond motifs is 20. The molecule has 12 aliphatic rings. The second-order valence-corrected chi connectivity index (χ2v) is 31.9. The van der Waals surface area contributed by atoms with E-state index in [2.05, 4.69) is 55.4 Å². The Kier molecular flexibility index (Phi) is 24.9. The molecule has 0 N–H and O–H groups in total. The van der Waals surface area contributed by atoms with Crippen LogP contribution in [0.4, 0.5) is 0 Å². The lowest BCUT2D eigenvalue weighted by molar-refractivity contribution is -0.185. The first-order valence-electron chi connectivity index (χ1n) is 34.9. The summed E-state index contributed by atoms with van der Waals surface area (Å²) in [6.07, 6.45) is 37.2. The third-order valence-electron chi connectivity index (χ3n) is 27.0. The van der Waals surface area contributed by atoms with Gasteiger partial charge in [0.05, 0.1) is 22.7 Å². The highest BCUT2D eigenvalue weighted by Crippen LogP contribution is 2.72.